The summed E-state index contributed by atoms with van der Waals surface area (Å²) in [7, 11) is 0. The van der Waals surface area contributed by atoms with Crippen molar-refractivity contribution in [2.24, 2.45) is 11.8 Å². The molecule has 1 unspecified atom stereocenters. The molecule has 4 amide bonds. The van der Waals surface area contributed by atoms with Crippen molar-refractivity contribution < 1.29 is 14.4 Å². The molecular weight excluding hydrogens is 184 g/mol. The maximum atomic E-state index is 11.7. The van der Waals surface area contributed by atoms with Crippen LogP contribution in [0.4, 0.5) is 4.79 Å². The van der Waals surface area contributed by atoms with Crippen molar-refractivity contribution in [1.29, 1.82) is 0 Å². The number of barbiturate groups is 1. The average molecular weight is 198 g/mol. The smallest absolute Gasteiger partial charge is 0.277 e. The molecule has 1 saturated heterocycles. The fourth-order valence-corrected chi connectivity index (χ4v) is 1.52. The topological polar surface area (TPSA) is 66.5 Å². The van der Waals surface area contributed by atoms with Crippen LogP contribution in [0.1, 0.15) is 20.8 Å². The summed E-state index contributed by atoms with van der Waals surface area (Å²) in [6.45, 7) is 5.56. The lowest BCUT2D eigenvalue weighted by Crippen LogP contribution is -2.58. The minimum atomic E-state index is -0.729. The highest BCUT2D eigenvalue weighted by Crippen LogP contribution is 2.18. The highest BCUT2D eigenvalue weighted by molar-refractivity contribution is 6.16. The molecule has 1 N–H and O–H groups in total. The highest BCUT2D eigenvalue weighted by atomic mass is 16.2. The van der Waals surface area contributed by atoms with Gasteiger partial charge in [-0.15, -0.1) is 0 Å². The molecule has 0 aromatic rings. The summed E-state index contributed by atoms with van der Waals surface area (Å²) >= 11 is 0. The normalized spacial score (nSPS) is 23.0. The highest BCUT2D eigenvalue weighted by Gasteiger charge is 2.41. The van der Waals surface area contributed by atoms with E-state index in [-0.39, 0.29) is 5.92 Å². The van der Waals surface area contributed by atoms with Gasteiger partial charge in [-0.1, -0.05) is 13.8 Å². The van der Waals surface area contributed by atoms with Gasteiger partial charge >= 0.3 is 6.03 Å². The Labute approximate surface area is 82.4 Å². The predicted octanol–water partition coefficient (Wildman–Crippen LogP) is 0.357. The number of carbonyl (C=O) groups excluding carboxylic acids is 3. The SMILES string of the molecule is CCN1C(=O)NC(=O)C(C(C)C)C1=O. The molecule has 1 atom stereocenters. The molecule has 0 spiro atoms. The maximum absolute atomic E-state index is 11.7. The lowest BCUT2D eigenvalue weighted by molar-refractivity contribution is -0.144. The molecule has 5 nitrogen and oxygen atoms in total. The number of carbonyl (C=O) groups is 3. The third-order valence-electron chi connectivity index (χ3n) is 2.27. The predicted molar refractivity (Wildman–Crippen MR) is 49.3 cm³/mol. The molecule has 1 aliphatic heterocycles. The largest absolute Gasteiger partial charge is 0.330 e. The van der Waals surface area contributed by atoms with Crippen LogP contribution in [0.15, 0.2) is 0 Å². The van der Waals surface area contributed by atoms with Gasteiger partial charge in [-0.3, -0.25) is 19.8 Å². The van der Waals surface area contributed by atoms with Crippen LogP contribution in [0.5, 0.6) is 0 Å². The molecule has 0 aromatic heterocycles. The Morgan fingerprint density at radius 2 is 1.93 bits per heavy atom. The summed E-state index contributed by atoms with van der Waals surface area (Å²) in [6, 6.07) is -0.612. The summed E-state index contributed by atoms with van der Waals surface area (Å²) < 4.78 is 0. The standard InChI is InChI=1S/C9H14N2O3/c1-4-11-8(13)6(5(2)3)7(12)10-9(11)14/h5-6H,4H2,1-3H3,(H,10,12,14). The Morgan fingerprint density at radius 3 is 2.36 bits per heavy atom. The van der Waals surface area contributed by atoms with Gasteiger partial charge in [-0.25, -0.2) is 4.79 Å². The van der Waals surface area contributed by atoms with E-state index in [0.29, 0.717) is 6.54 Å². The Balaban J connectivity index is 2.94. The van der Waals surface area contributed by atoms with E-state index in [1.807, 2.05) is 0 Å². The molecule has 0 bridgehead atoms. The number of rotatable bonds is 2. The van der Waals surface area contributed by atoms with Crippen molar-refractivity contribution in [3.63, 3.8) is 0 Å². The van der Waals surface area contributed by atoms with Crippen molar-refractivity contribution in [3.8, 4) is 0 Å². The zero-order chi connectivity index (χ0) is 10.9. The minimum absolute atomic E-state index is 0.0929. The van der Waals surface area contributed by atoms with Gasteiger partial charge in [0.15, 0.2) is 0 Å². The Hall–Kier alpha value is -1.39. The van der Waals surface area contributed by atoms with E-state index in [9.17, 15) is 14.4 Å². The van der Waals surface area contributed by atoms with E-state index in [1.54, 1.807) is 20.8 Å². The molecule has 1 fully saturated rings. The van der Waals surface area contributed by atoms with Crippen LogP contribution in [0, 0.1) is 11.8 Å². The molecule has 1 heterocycles. The molecule has 0 aromatic carbocycles. The second-order valence-corrected chi connectivity index (χ2v) is 3.60. The van der Waals surface area contributed by atoms with Crippen LogP contribution in [0.3, 0.4) is 0 Å². The average Bonchev–Trinajstić information content (AvgIpc) is 2.02. The molecular formula is C9H14N2O3. The fourth-order valence-electron chi connectivity index (χ4n) is 1.52. The van der Waals surface area contributed by atoms with E-state index in [2.05, 4.69) is 5.32 Å². The van der Waals surface area contributed by atoms with Crippen LogP contribution in [0.25, 0.3) is 0 Å². The van der Waals surface area contributed by atoms with E-state index >= 15 is 0 Å². The molecule has 14 heavy (non-hydrogen) atoms. The molecule has 1 rings (SSSR count). The maximum Gasteiger partial charge on any atom is 0.330 e. The van der Waals surface area contributed by atoms with E-state index in [0.717, 1.165) is 4.90 Å². The minimum Gasteiger partial charge on any atom is -0.277 e. The Bertz CT molecular complexity index is 286. The summed E-state index contributed by atoms with van der Waals surface area (Å²) in [5, 5.41) is 2.17. The number of hydrogen-bond donors (Lipinski definition) is 1. The van der Waals surface area contributed by atoms with E-state index in [1.165, 1.54) is 0 Å². The molecule has 1 aliphatic rings. The summed E-state index contributed by atoms with van der Waals surface area (Å²) in [5.41, 5.74) is 0. The molecule has 78 valence electrons. The first-order valence-corrected chi connectivity index (χ1v) is 4.65. The number of amides is 4. The molecule has 5 heteroatoms. The van der Waals surface area contributed by atoms with Crippen molar-refractivity contribution in [1.82, 2.24) is 10.2 Å². The van der Waals surface area contributed by atoms with Gasteiger partial charge in [0.25, 0.3) is 0 Å². The number of nitrogens with zero attached hydrogens (tertiary/aromatic N) is 1. The number of urea groups is 1. The van der Waals surface area contributed by atoms with Gasteiger partial charge in [0.1, 0.15) is 5.92 Å². The number of hydrogen-bond acceptors (Lipinski definition) is 3. The van der Waals surface area contributed by atoms with Crippen molar-refractivity contribution >= 4 is 17.8 Å². The van der Waals surface area contributed by atoms with Gasteiger partial charge in [-0.2, -0.15) is 0 Å². The van der Waals surface area contributed by atoms with Gasteiger partial charge in [0, 0.05) is 6.54 Å². The Kier molecular flexibility index (Phi) is 2.88. The second kappa shape index (κ2) is 3.77. The van der Waals surface area contributed by atoms with Gasteiger partial charge in [0.05, 0.1) is 0 Å². The van der Waals surface area contributed by atoms with Crippen molar-refractivity contribution in [2.45, 2.75) is 20.8 Å². The van der Waals surface area contributed by atoms with Crippen LogP contribution >= 0.6 is 0 Å². The molecule has 0 saturated carbocycles. The van der Waals surface area contributed by atoms with Gasteiger partial charge < -0.3 is 0 Å². The monoisotopic (exact) mass is 198 g/mol. The quantitative estimate of drug-likeness (QED) is 0.651. The number of imide groups is 2. The van der Waals surface area contributed by atoms with E-state index in [4.69, 9.17) is 0 Å². The first-order valence-electron chi connectivity index (χ1n) is 4.65. The van der Waals surface area contributed by atoms with Crippen molar-refractivity contribution in [3.05, 3.63) is 0 Å². The van der Waals surface area contributed by atoms with E-state index < -0.39 is 23.8 Å². The summed E-state index contributed by atoms with van der Waals surface area (Å²) in [4.78, 5) is 35.3. The first-order chi connectivity index (χ1) is 6.49. The van der Waals surface area contributed by atoms with Crippen LogP contribution in [0.2, 0.25) is 0 Å². The zero-order valence-corrected chi connectivity index (χ0v) is 8.53. The van der Waals surface area contributed by atoms with Crippen molar-refractivity contribution in [2.75, 3.05) is 6.54 Å². The first kappa shape index (κ1) is 10.7. The lowest BCUT2D eigenvalue weighted by atomic mass is 9.92. The fraction of sp³-hybridized carbons (Fsp3) is 0.667. The summed E-state index contributed by atoms with van der Waals surface area (Å²) in [5.74, 6) is -1.70. The van der Waals surface area contributed by atoms with Gasteiger partial charge in [0.2, 0.25) is 11.8 Å². The van der Waals surface area contributed by atoms with Crippen LogP contribution in [-0.2, 0) is 9.59 Å². The lowest BCUT2D eigenvalue weighted by Gasteiger charge is -2.30. The number of nitrogens with one attached hydrogen (secondary N) is 1. The van der Waals surface area contributed by atoms with Gasteiger partial charge in [-0.05, 0) is 12.8 Å². The third-order valence-corrected chi connectivity index (χ3v) is 2.27. The molecule has 0 radical (unpaired) electrons. The van der Waals surface area contributed by atoms with Crippen LogP contribution < -0.4 is 5.32 Å². The van der Waals surface area contributed by atoms with Crippen LogP contribution in [-0.4, -0.2) is 29.3 Å². The second-order valence-electron chi connectivity index (χ2n) is 3.60. The third kappa shape index (κ3) is 1.62. The summed E-state index contributed by atoms with van der Waals surface area (Å²) in [6.07, 6.45) is 0. The molecule has 0 aliphatic carbocycles. The Morgan fingerprint density at radius 1 is 1.36 bits per heavy atom. The zero-order valence-electron chi connectivity index (χ0n) is 8.53.